The van der Waals surface area contributed by atoms with Crippen molar-refractivity contribution in [1.82, 2.24) is 14.1 Å². The maximum atomic E-state index is 6.23. The molecule has 0 N–H and O–H groups in total. The zero-order chi connectivity index (χ0) is 15.8. The van der Waals surface area contributed by atoms with Gasteiger partial charge in [-0.05, 0) is 54.7 Å². The van der Waals surface area contributed by atoms with Crippen LogP contribution in [0.15, 0.2) is 55.2 Å². The van der Waals surface area contributed by atoms with Gasteiger partial charge in [0.15, 0.2) is 0 Å². The molecule has 0 aliphatic heterocycles. The summed E-state index contributed by atoms with van der Waals surface area (Å²) in [5.41, 5.74) is 2.30. The Bertz CT molecular complexity index is 783. The van der Waals surface area contributed by atoms with Crippen LogP contribution < -0.4 is 0 Å². The van der Waals surface area contributed by atoms with Gasteiger partial charge in [0.1, 0.15) is 0 Å². The third-order valence-electron chi connectivity index (χ3n) is 4.32. The first-order valence-electron chi connectivity index (χ1n) is 7.79. The smallest absolute Gasteiger partial charge is 0.0999 e. The van der Waals surface area contributed by atoms with Gasteiger partial charge in [0.05, 0.1) is 12.4 Å². The highest BCUT2D eigenvalue weighted by Gasteiger charge is 2.25. The number of nitrogens with zero attached hydrogens (tertiary/aromatic N) is 3. The van der Waals surface area contributed by atoms with Crippen LogP contribution in [0, 0.1) is 5.92 Å². The van der Waals surface area contributed by atoms with Crippen LogP contribution >= 0.6 is 23.2 Å². The monoisotopic (exact) mass is 345 g/mol. The normalized spacial score (nSPS) is 15.7. The highest BCUT2D eigenvalue weighted by molar-refractivity contribution is 6.34. The molecule has 1 aliphatic rings. The molecule has 1 unspecified atom stereocenters. The van der Waals surface area contributed by atoms with E-state index in [0.717, 1.165) is 18.0 Å². The van der Waals surface area contributed by atoms with Crippen molar-refractivity contribution < 1.29 is 0 Å². The lowest BCUT2D eigenvalue weighted by atomic mass is 10.0. The van der Waals surface area contributed by atoms with Crippen molar-refractivity contribution in [2.24, 2.45) is 5.92 Å². The molecular formula is C18H17Cl2N3. The molecule has 0 amide bonds. The van der Waals surface area contributed by atoms with Crippen LogP contribution in [0.2, 0.25) is 10.0 Å². The number of aromatic nitrogens is 3. The van der Waals surface area contributed by atoms with E-state index in [4.69, 9.17) is 23.2 Å². The lowest BCUT2D eigenvalue weighted by Gasteiger charge is -2.22. The second-order valence-corrected chi connectivity index (χ2v) is 7.02. The fourth-order valence-corrected chi connectivity index (χ4v) is 3.61. The molecule has 4 rings (SSSR count). The molecule has 2 aromatic heterocycles. The van der Waals surface area contributed by atoms with E-state index < -0.39 is 0 Å². The molecular weight excluding hydrogens is 329 g/mol. The fraction of sp³-hybridized carbons (Fsp3) is 0.278. The van der Waals surface area contributed by atoms with Crippen LogP contribution in [0.25, 0.3) is 0 Å². The highest BCUT2D eigenvalue weighted by Crippen LogP contribution is 2.35. The predicted octanol–water partition coefficient (Wildman–Crippen LogP) is 5.04. The van der Waals surface area contributed by atoms with Crippen molar-refractivity contribution in [3.8, 4) is 0 Å². The molecule has 3 aromatic rings. The molecule has 0 spiro atoms. The molecule has 0 radical (unpaired) electrons. The summed E-state index contributed by atoms with van der Waals surface area (Å²) in [7, 11) is 0. The van der Waals surface area contributed by atoms with E-state index in [1.54, 1.807) is 12.3 Å². The SMILES string of the molecule is Clc1cc(Cl)cc(C(c2cccn2CC2CC2)n2ccnc2)c1. The number of hydrogen-bond acceptors (Lipinski definition) is 1. The molecule has 0 saturated heterocycles. The van der Waals surface area contributed by atoms with Crippen molar-refractivity contribution >= 4 is 23.2 Å². The minimum Gasteiger partial charge on any atom is -0.349 e. The second kappa shape index (κ2) is 6.06. The Morgan fingerprint density at radius 2 is 1.91 bits per heavy atom. The minimum absolute atomic E-state index is 0.0162. The van der Waals surface area contributed by atoms with Gasteiger partial charge in [-0.1, -0.05) is 23.2 Å². The molecule has 0 bridgehead atoms. The zero-order valence-electron chi connectivity index (χ0n) is 12.6. The minimum atomic E-state index is 0.0162. The predicted molar refractivity (Wildman–Crippen MR) is 93.1 cm³/mol. The summed E-state index contributed by atoms with van der Waals surface area (Å²) in [4.78, 5) is 4.21. The van der Waals surface area contributed by atoms with E-state index in [1.165, 1.54) is 18.5 Å². The molecule has 1 fully saturated rings. The van der Waals surface area contributed by atoms with Crippen molar-refractivity contribution in [2.75, 3.05) is 0 Å². The third kappa shape index (κ3) is 3.17. The van der Waals surface area contributed by atoms with E-state index in [-0.39, 0.29) is 6.04 Å². The summed E-state index contributed by atoms with van der Waals surface area (Å²) in [6.45, 7) is 1.07. The molecule has 3 nitrogen and oxygen atoms in total. The van der Waals surface area contributed by atoms with Crippen LogP contribution in [-0.2, 0) is 6.54 Å². The average molecular weight is 346 g/mol. The summed E-state index contributed by atoms with van der Waals surface area (Å²) in [6.07, 6.45) is 10.4. The van der Waals surface area contributed by atoms with E-state index >= 15 is 0 Å². The van der Waals surface area contributed by atoms with Gasteiger partial charge in [-0.2, -0.15) is 0 Å². The molecule has 2 heterocycles. The first kappa shape index (κ1) is 14.9. The van der Waals surface area contributed by atoms with Gasteiger partial charge in [-0.3, -0.25) is 0 Å². The highest BCUT2D eigenvalue weighted by atomic mass is 35.5. The third-order valence-corrected chi connectivity index (χ3v) is 4.76. The maximum absolute atomic E-state index is 6.23. The summed E-state index contributed by atoms with van der Waals surface area (Å²) >= 11 is 12.5. The first-order valence-corrected chi connectivity index (χ1v) is 8.55. The Labute approximate surface area is 145 Å². The molecule has 1 aromatic carbocycles. The number of benzene rings is 1. The summed E-state index contributed by atoms with van der Waals surface area (Å²) in [6, 6.07) is 10.0. The second-order valence-electron chi connectivity index (χ2n) is 6.14. The van der Waals surface area contributed by atoms with Crippen LogP contribution in [0.5, 0.6) is 0 Å². The van der Waals surface area contributed by atoms with E-state index in [2.05, 4.69) is 32.4 Å². The number of halogens is 2. The average Bonchev–Trinajstić information content (AvgIpc) is 2.97. The van der Waals surface area contributed by atoms with Crippen LogP contribution in [0.1, 0.15) is 30.1 Å². The maximum Gasteiger partial charge on any atom is 0.0999 e. The number of hydrogen-bond donors (Lipinski definition) is 0. The first-order chi connectivity index (χ1) is 11.2. The number of imidazole rings is 1. The molecule has 1 aliphatic carbocycles. The number of rotatable bonds is 5. The van der Waals surface area contributed by atoms with Gasteiger partial charge in [0.25, 0.3) is 0 Å². The Kier molecular flexibility index (Phi) is 3.92. The zero-order valence-corrected chi connectivity index (χ0v) is 14.1. The quantitative estimate of drug-likeness (QED) is 0.635. The summed E-state index contributed by atoms with van der Waals surface area (Å²) in [5.74, 6) is 0.813. The lowest BCUT2D eigenvalue weighted by Crippen LogP contribution is -2.16. The Morgan fingerprint density at radius 1 is 1.13 bits per heavy atom. The molecule has 1 atom stereocenters. The van der Waals surface area contributed by atoms with Crippen molar-refractivity contribution in [3.63, 3.8) is 0 Å². The standard InChI is InChI=1S/C18H17Cl2N3/c19-15-8-14(9-16(20)10-15)18(23-7-5-21-12-23)17-2-1-6-22(17)11-13-3-4-13/h1-2,5-10,12-13,18H,3-4,11H2. The lowest BCUT2D eigenvalue weighted by molar-refractivity contribution is 0.555. The van der Waals surface area contributed by atoms with E-state index in [9.17, 15) is 0 Å². The van der Waals surface area contributed by atoms with Crippen molar-refractivity contribution in [1.29, 1.82) is 0 Å². The van der Waals surface area contributed by atoms with Crippen LogP contribution in [-0.4, -0.2) is 14.1 Å². The Hall–Kier alpha value is -1.71. The van der Waals surface area contributed by atoms with E-state index in [0.29, 0.717) is 10.0 Å². The Morgan fingerprint density at radius 3 is 2.57 bits per heavy atom. The van der Waals surface area contributed by atoms with E-state index in [1.807, 2.05) is 24.7 Å². The van der Waals surface area contributed by atoms with Gasteiger partial charge in [-0.15, -0.1) is 0 Å². The van der Waals surface area contributed by atoms with Crippen LogP contribution in [0.3, 0.4) is 0 Å². The largest absolute Gasteiger partial charge is 0.349 e. The summed E-state index contributed by atoms with van der Waals surface area (Å²) < 4.78 is 4.44. The molecule has 5 heteroatoms. The van der Waals surface area contributed by atoms with Gasteiger partial charge in [0.2, 0.25) is 0 Å². The topological polar surface area (TPSA) is 22.8 Å². The molecule has 23 heavy (non-hydrogen) atoms. The molecule has 118 valence electrons. The van der Waals surface area contributed by atoms with Crippen molar-refractivity contribution in [3.05, 3.63) is 76.6 Å². The van der Waals surface area contributed by atoms with Crippen LogP contribution in [0.4, 0.5) is 0 Å². The fourth-order valence-electron chi connectivity index (χ4n) is 3.07. The van der Waals surface area contributed by atoms with Gasteiger partial charge >= 0.3 is 0 Å². The van der Waals surface area contributed by atoms with Crippen molar-refractivity contribution in [2.45, 2.75) is 25.4 Å². The Balaban J connectivity index is 1.81. The van der Waals surface area contributed by atoms with Gasteiger partial charge in [0, 0.05) is 40.9 Å². The van der Waals surface area contributed by atoms with Gasteiger partial charge < -0.3 is 9.13 Å². The summed E-state index contributed by atoms with van der Waals surface area (Å²) in [5, 5.41) is 1.30. The van der Waals surface area contributed by atoms with Gasteiger partial charge in [-0.25, -0.2) is 4.98 Å². The molecule has 1 saturated carbocycles.